The van der Waals surface area contributed by atoms with Gasteiger partial charge in [0.2, 0.25) is 10.0 Å². The first kappa shape index (κ1) is 15.4. The average molecular weight is 279 g/mol. The fourth-order valence-corrected chi connectivity index (χ4v) is 3.23. The molecule has 2 atom stereocenters. The predicted octanol–water partition coefficient (Wildman–Crippen LogP) is 0.586. The van der Waals surface area contributed by atoms with Crippen LogP contribution < -0.4 is 4.72 Å². The van der Waals surface area contributed by atoms with E-state index in [9.17, 15) is 13.2 Å². The fraction of sp³-hybridized carbons (Fsp3) is 0.909. The number of hydrogen-bond acceptors (Lipinski definition) is 4. The molecule has 1 rings (SSSR count). The summed E-state index contributed by atoms with van der Waals surface area (Å²) in [6, 6.07) is 0. The van der Waals surface area contributed by atoms with Crippen molar-refractivity contribution in [2.75, 3.05) is 18.9 Å². The summed E-state index contributed by atoms with van der Waals surface area (Å²) in [7, 11) is -3.32. The minimum Gasteiger partial charge on any atom is -0.481 e. The van der Waals surface area contributed by atoms with Crippen LogP contribution in [0, 0.1) is 5.92 Å². The zero-order valence-electron chi connectivity index (χ0n) is 10.6. The van der Waals surface area contributed by atoms with Crippen molar-refractivity contribution in [1.29, 1.82) is 0 Å². The number of aliphatic carboxylic acids is 1. The highest BCUT2D eigenvalue weighted by Gasteiger charge is 2.23. The first-order chi connectivity index (χ1) is 8.39. The summed E-state index contributed by atoms with van der Waals surface area (Å²) in [5.74, 6) is -0.844. The second-order valence-electron chi connectivity index (χ2n) is 4.80. The van der Waals surface area contributed by atoms with Crippen molar-refractivity contribution in [3.05, 3.63) is 0 Å². The third-order valence-corrected chi connectivity index (χ3v) is 4.35. The third-order valence-electron chi connectivity index (χ3n) is 2.93. The van der Waals surface area contributed by atoms with Gasteiger partial charge >= 0.3 is 5.97 Å². The molecule has 2 N–H and O–H groups in total. The maximum atomic E-state index is 11.7. The molecule has 106 valence electrons. The summed E-state index contributed by atoms with van der Waals surface area (Å²) in [5.41, 5.74) is 0. The van der Waals surface area contributed by atoms with Gasteiger partial charge in [-0.2, -0.15) is 0 Å². The Morgan fingerprint density at radius 2 is 2.28 bits per heavy atom. The zero-order chi connectivity index (χ0) is 13.6. The van der Waals surface area contributed by atoms with Crippen LogP contribution in [0.15, 0.2) is 0 Å². The van der Waals surface area contributed by atoms with Crippen molar-refractivity contribution < 1.29 is 23.1 Å². The van der Waals surface area contributed by atoms with E-state index in [0.29, 0.717) is 13.0 Å². The molecular weight excluding hydrogens is 258 g/mol. The van der Waals surface area contributed by atoms with Crippen LogP contribution in [0.2, 0.25) is 0 Å². The maximum Gasteiger partial charge on any atom is 0.303 e. The van der Waals surface area contributed by atoms with Crippen LogP contribution in [0.1, 0.15) is 32.6 Å². The zero-order valence-corrected chi connectivity index (χ0v) is 11.4. The van der Waals surface area contributed by atoms with E-state index < -0.39 is 16.0 Å². The van der Waals surface area contributed by atoms with Gasteiger partial charge in [-0.15, -0.1) is 0 Å². The number of rotatable bonds is 8. The first-order valence-corrected chi connectivity index (χ1v) is 7.85. The molecule has 0 aromatic rings. The molecule has 0 aliphatic carbocycles. The van der Waals surface area contributed by atoms with Crippen molar-refractivity contribution in [3.8, 4) is 0 Å². The van der Waals surface area contributed by atoms with Gasteiger partial charge < -0.3 is 9.84 Å². The maximum absolute atomic E-state index is 11.7. The molecule has 18 heavy (non-hydrogen) atoms. The molecule has 1 heterocycles. The number of nitrogens with one attached hydrogen (secondary N) is 1. The molecule has 0 radical (unpaired) electrons. The SMILES string of the molecule is CC(CCC(=O)O)CNS(=O)(=O)CC1CCCO1. The molecule has 6 nitrogen and oxygen atoms in total. The van der Waals surface area contributed by atoms with Gasteiger partial charge in [0, 0.05) is 19.6 Å². The quantitative estimate of drug-likeness (QED) is 0.678. The lowest BCUT2D eigenvalue weighted by Gasteiger charge is -2.14. The molecule has 0 aromatic carbocycles. The molecular formula is C11H21NO5S. The van der Waals surface area contributed by atoms with Crippen LogP contribution in [0.25, 0.3) is 0 Å². The Labute approximate surface area is 108 Å². The van der Waals surface area contributed by atoms with Crippen LogP contribution in [0.4, 0.5) is 0 Å². The van der Waals surface area contributed by atoms with E-state index in [1.54, 1.807) is 0 Å². The van der Waals surface area contributed by atoms with Crippen molar-refractivity contribution in [1.82, 2.24) is 4.72 Å². The lowest BCUT2D eigenvalue weighted by molar-refractivity contribution is -0.137. The molecule has 0 aromatic heterocycles. The van der Waals surface area contributed by atoms with Gasteiger partial charge in [0.15, 0.2) is 0 Å². The largest absolute Gasteiger partial charge is 0.481 e. The van der Waals surface area contributed by atoms with Gasteiger partial charge in [-0.3, -0.25) is 4.79 Å². The van der Waals surface area contributed by atoms with Gasteiger partial charge in [-0.05, 0) is 25.2 Å². The molecule has 0 saturated carbocycles. The fourth-order valence-electron chi connectivity index (χ4n) is 1.82. The van der Waals surface area contributed by atoms with Crippen LogP contribution in [0.5, 0.6) is 0 Å². The topological polar surface area (TPSA) is 92.7 Å². The summed E-state index contributed by atoms with van der Waals surface area (Å²) < 4.78 is 31.2. The van der Waals surface area contributed by atoms with E-state index >= 15 is 0 Å². The molecule has 1 fully saturated rings. The smallest absolute Gasteiger partial charge is 0.303 e. The molecule has 0 bridgehead atoms. The van der Waals surface area contributed by atoms with Crippen molar-refractivity contribution in [2.45, 2.75) is 38.7 Å². The number of carboxylic acid groups (broad SMARTS) is 1. The second kappa shape index (κ2) is 7.06. The van der Waals surface area contributed by atoms with E-state index in [-0.39, 0.29) is 30.7 Å². The number of hydrogen-bond donors (Lipinski definition) is 2. The van der Waals surface area contributed by atoms with E-state index in [4.69, 9.17) is 9.84 Å². The molecule has 2 unspecified atom stereocenters. The van der Waals surface area contributed by atoms with Gasteiger partial charge in [0.25, 0.3) is 0 Å². The summed E-state index contributed by atoms with van der Waals surface area (Å²) in [6.07, 6.45) is 2.04. The number of ether oxygens (including phenoxy) is 1. The Morgan fingerprint density at radius 3 is 2.83 bits per heavy atom. The van der Waals surface area contributed by atoms with Gasteiger partial charge in [0.1, 0.15) is 0 Å². The van der Waals surface area contributed by atoms with Crippen molar-refractivity contribution in [2.24, 2.45) is 5.92 Å². The number of sulfonamides is 1. The number of carboxylic acids is 1. The molecule has 1 aliphatic rings. The van der Waals surface area contributed by atoms with Crippen molar-refractivity contribution in [3.63, 3.8) is 0 Å². The van der Waals surface area contributed by atoms with E-state index in [2.05, 4.69) is 4.72 Å². The highest BCUT2D eigenvalue weighted by molar-refractivity contribution is 7.89. The Morgan fingerprint density at radius 1 is 1.56 bits per heavy atom. The predicted molar refractivity (Wildman–Crippen MR) is 66.8 cm³/mol. The Hall–Kier alpha value is -0.660. The van der Waals surface area contributed by atoms with Crippen LogP contribution in [-0.4, -0.2) is 44.5 Å². The molecule has 1 saturated heterocycles. The average Bonchev–Trinajstić information content (AvgIpc) is 2.75. The lowest BCUT2D eigenvalue weighted by atomic mass is 10.1. The van der Waals surface area contributed by atoms with Crippen LogP contribution >= 0.6 is 0 Å². The lowest BCUT2D eigenvalue weighted by Crippen LogP contribution is -2.34. The first-order valence-electron chi connectivity index (χ1n) is 6.20. The third kappa shape index (κ3) is 6.32. The Bertz CT molecular complexity index is 362. The molecule has 0 spiro atoms. The molecule has 0 amide bonds. The van der Waals surface area contributed by atoms with Crippen molar-refractivity contribution >= 4 is 16.0 Å². The molecule has 7 heteroatoms. The minimum atomic E-state index is -3.32. The Kier molecular flexibility index (Phi) is 6.04. The van der Waals surface area contributed by atoms with Crippen LogP contribution in [-0.2, 0) is 19.6 Å². The summed E-state index contributed by atoms with van der Waals surface area (Å²) >= 11 is 0. The van der Waals surface area contributed by atoms with Gasteiger partial charge in [-0.1, -0.05) is 6.92 Å². The van der Waals surface area contributed by atoms with Gasteiger partial charge in [-0.25, -0.2) is 13.1 Å². The van der Waals surface area contributed by atoms with Crippen LogP contribution in [0.3, 0.4) is 0 Å². The highest BCUT2D eigenvalue weighted by atomic mass is 32.2. The standard InChI is InChI=1S/C11H21NO5S/c1-9(4-5-11(13)14)7-12-18(15,16)8-10-3-2-6-17-10/h9-10,12H,2-8H2,1H3,(H,13,14). The summed E-state index contributed by atoms with van der Waals surface area (Å²) in [5, 5.41) is 8.52. The Balaban J connectivity index is 2.25. The normalized spacial score (nSPS) is 21.9. The minimum absolute atomic E-state index is 0.00134. The number of carbonyl (C=O) groups is 1. The summed E-state index contributed by atoms with van der Waals surface area (Å²) in [4.78, 5) is 10.4. The second-order valence-corrected chi connectivity index (χ2v) is 6.65. The highest BCUT2D eigenvalue weighted by Crippen LogP contribution is 2.13. The summed E-state index contributed by atoms with van der Waals surface area (Å²) in [6.45, 7) is 2.75. The van der Waals surface area contributed by atoms with E-state index in [0.717, 1.165) is 12.8 Å². The monoisotopic (exact) mass is 279 g/mol. The van der Waals surface area contributed by atoms with E-state index in [1.807, 2.05) is 6.92 Å². The van der Waals surface area contributed by atoms with E-state index in [1.165, 1.54) is 0 Å². The molecule has 1 aliphatic heterocycles. The van der Waals surface area contributed by atoms with Gasteiger partial charge in [0.05, 0.1) is 11.9 Å².